The summed E-state index contributed by atoms with van der Waals surface area (Å²) in [6, 6.07) is 3.73. The second-order valence-electron chi connectivity index (χ2n) is 1.81. The molecule has 0 aliphatic heterocycles. The van der Waals surface area contributed by atoms with Crippen molar-refractivity contribution in [3.8, 4) is 0 Å². The Morgan fingerprint density at radius 3 is 2.80 bits per heavy atom. The van der Waals surface area contributed by atoms with E-state index in [2.05, 4.69) is 15.9 Å². The quantitative estimate of drug-likeness (QED) is 0.748. The van der Waals surface area contributed by atoms with Gasteiger partial charge in [0.1, 0.15) is 0 Å². The van der Waals surface area contributed by atoms with Crippen molar-refractivity contribution in [1.82, 2.24) is 5.73 Å². The molecule has 2 nitrogen and oxygen atoms in total. The van der Waals surface area contributed by atoms with E-state index in [0.29, 0.717) is 0 Å². The van der Waals surface area contributed by atoms with Crippen LogP contribution in [-0.4, -0.2) is 5.91 Å². The number of carbonyl (C=O) groups excluding carboxylic acids is 1. The molecule has 0 aliphatic rings. The third kappa shape index (κ3) is 2.11. The van der Waals surface area contributed by atoms with Gasteiger partial charge in [-0.3, -0.25) is 10.5 Å². The number of halogens is 1. The van der Waals surface area contributed by atoms with Crippen LogP contribution in [0.2, 0.25) is 0 Å². The number of amides is 1. The highest BCUT2D eigenvalue weighted by Crippen LogP contribution is 2.22. The zero-order chi connectivity index (χ0) is 7.56. The lowest BCUT2D eigenvalue weighted by Gasteiger charge is -1.85. The van der Waals surface area contributed by atoms with Gasteiger partial charge in [0, 0.05) is 4.88 Å². The molecule has 0 bridgehead atoms. The van der Waals surface area contributed by atoms with Crippen LogP contribution in [0.1, 0.15) is 4.88 Å². The van der Waals surface area contributed by atoms with E-state index in [1.54, 1.807) is 0 Å². The van der Waals surface area contributed by atoms with Gasteiger partial charge in [-0.05, 0) is 28.1 Å². The Kier molecular flexibility index (Phi) is 2.45. The van der Waals surface area contributed by atoms with Gasteiger partial charge in [-0.25, -0.2) is 0 Å². The monoisotopic (exact) mass is 218 g/mol. The van der Waals surface area contributed by atoms with Crippen LogP contribution in [0.15, 0.2) is 15.9 Å². The first-order chi connectivity index (χ1) is 4.68. The number of rotatable bonds is 2. The Bertz CT molecular complexity index is 246. The molecule has 0 unspecified atom stereocenters. The minimum absolute atomic E-state index is 0.232. The van der Waals surface area contributed by atoms with Crippen molar-refractivity contribution in [3.05, 3.63) is 20.8 Å². The van der Waals surface area contributed by atoms with Crippen molar-refractivity contribution in [1.29, 1.82) is 0 Å². The Morgan fingerprint density at radius 1 is 1.70 bits per heavy atom. The topological polar surface area (TPSA) is 40.9 Å². The van der Waals surface area contributed by atoms with Crippen molar-refractivity contribution in [2.45, 2.75) is 6.42 Å². The number of hydrogen-bond donors (Lipinski definition) is 0. The molecular weight excluding hydrogens is 214 g/mol. The molecule has 0 fully saturated rings. The van der Waals surface area contributed by atoms with Gasteiger partial charge in [0.2, 0.25) is 5.91 Å². The number of hydrogen-bond acceptors (Lipinski definition) is 2. The summed E-state index contributed by atoms with van der Waals surface area (Å²) in [5.74, 6) is -0.533. The molecule has 0 aromatic carbocycles. The lowest BCUT2D eigenvalue weighted by Crippen LogP contribution is -1.99. The van der Waals surface area contributed by atoms with Crippen LogP contribution in [0.25, 0.3) is 0 Å². The van der Waals surface area contributed by atoms with E-state index in [4.69, 9.17) is 5.73 Å². The molecule has 0 atom stereocenters. The summed E-state index contributed by atoms with van der Waals surface area (Å²) >= 11 is 4.76. The molecule has 1 radical (unpaired) electrons. The fourth-order valence-corrected chi connectivity index (χ4v) is 2.09. The fourth-order valence-electron chi connectivity index (χ4n) is 0.605. The van der Waals surface area contributed by atoms with Gasteiger partial charge < -0.3 is 0 Å². The first kappa shape index (κ1) is 7.75. The molecule has 53 valence electrons. The van der Waals surface area contributed by atoms with Gasteiger partial charge in [0.05, 0.1) is 10.2 Å². The van der Waals surface area contributed by atoms with Crippen molar-refractivity contribution >= 4 is 33.2 Å². The molecule has 0 aliphatic carbocycles. The minimum Gasteiger partial charge on any atom is -0.273 e. The summed E-state index contributed by atoms with van der Waals surface area (Å²) < 4.78 is 1.00. The molecule has 10 heavy (non-hydrogen) atoms. The van der Waals surface area contributed by atoms with E-state index in [1.165, 1.54) is 11.3 Å². The van der Waals surface area contributed by atoms with Gasteiger partial charge >= 0.3 is 0 Å². The third-order valence-electron chi connectivity index (χ3n) is 0.964. The number of nitrogens with one attached hydrogen (secondary N) is 1. The Hall–Kier alpha value is -0.350. The van der Waals surface area contributed by atoms with Crippen molar-refractivity contribution in [3.63, 3.8) is 0 Å². The lowest BCUT2D eigenvalue weighted by atomic mass is 10.3. The molecule has 1 heterocycles. The maximum absolute atomic E-state index is 10.3. The maximum Gasteiger partial charge on any atom is 0.243 e. The molecule has 0 saturated heterocycles. The average molecular weight is 219 g/mol. The van der Waals surface area contributed by atoms with Crippen LogP contribution in [-0.2, 0) is 11.2 Å². The van der Waals surface area contributed by atoms with Crippen molar-refractivity contribution in [2.24, 2.45) is 0 Å². The van der Waals surface area contributed by atoms with E-state index in [0.717, 1.165) is 8.66 Å². The van der Waals surface area contributed by atoms with E-state index < -0.39 is 5.91 Å². The highest BCUT2D eigenvalue weighted by Gasteiger charge is 2.00. The number of thiophene rings is 1. The Morgan fingerprint density at radius 2 is 2.40 bits per heavy atom. The summed E-state index contributed by atoms with van der Waals surface area (Å²) in [5.41, 5.74) is 6.68. The second kappa shape index (κ2) is 3.16. The summed E-state index contributed by atoms with van der Waals surface area (Å²) in [6.45, 7) is 0. The third-order valence-corrected chi connectivity index (χ3v) is 2.59. The Balaban J connectivity index is 2.67. The van der Waals surface area contributed by atoms with Crippen LogP contribution in [0.4, 0.5) is 0 Å². The van der Waals surface area contributed by atoms with E-state index in [1.807, 2.05) is 12.1 Å². The largest absolute Gasteiger partial charge is 0.273 e. The summed E-state index contributed by atoms with van der Waals surface area (Å²) in [5, 5.41) is 0. The van der Waals surface area contributed by atoms with Crippen molar-refractivity contribution < 1.29 is 4.79 Å². The number of carbonyl (C=O) groups is 1. The molecule has 1 rings (SSSR count). The van der Waals surface area contributed by atoms with Gasteiger partial charge in [-0.2, -0.15) is 0 Å². The molecule has 4 heteroatoms. The van der Waals surface area contributed by atoms with Gasteiger partial charge in [0.15, 0.2) is 0 Å². The minimum atomic E-state index is -0.533. The summed E-state index contributed by atoms with van der Waals surface area (Å²) in [6.07, 6.45) is 0.232. The molecule has 1 aromatic heterocycles. The molecular formula is C6H5BrNOS. The van der Waals surface area contributed by atoms with E-state index in [9.17, 15) is 4.79 Å². The van der Waals surface area contributed by atoms with Gasteiger partial charge in [-0.1, -0.05) is 0 Å². The predicted molar refractivity (Wildman–Crippen MR) is 43.8 cm³/mol. The molecule has 0 saturated carbocycles. The van der Waals surface area contributed by atoms with E-state index in [-0.39, 0.29) is 6.42 Å². The smallest absolute Gasteiger partial charge is 0.243 e. The highest BCUT2D eigenvalue weighted by atomic mass is 79.9. The zero-order valence-electron chi connectivity index (χ0n) is 5.06. The average Bonchev–Trinajstić information content (AvgIpc) is 2.13. The highest BCUT2D eigenvalue weighted by molar-refractivity contribution is 9.11. The van der Waals surface area contributed by atoms with Crippen molar-refractivity contribution in [2.75, 3.05) is 0 Å². The summed E-state index contributed by atoms with van der Waals surface area (Å²) in [4.78, 5) is 11.2. The summed E-state index contributed by atoms with van der Waals surface area (Å²) in [7, 11) is 0. The molecule has 1 aromatic rings. The van der Waals surface area contributed by atoms with Crippen LogP contribution in [0, 0.1) is 0 Å². The van der Waals surface area contributed by atoms with Crippen LogP contribution < -0.4 is 5.73 Å². The Labute approximate surface area is 71.2 Å². The second-order valence-corrected chi connectivity index (χ2v) is 4.35. The molecule has 1 amide bonds. The molecule has 0 spiro atoms. The fraction of sp³-hybridized carbons (Fsp3) is 0.167. The maximum atomic E-state index is 10.3. The first-order valence-electron chi connectivity index (χ1n) is 2.67. The van der Waals surface area contributed by atoms with Crippen LogP contribution >= 0.6 is 27.3 Å². The predicted octanol–water partition coefficient (Wildman–Crippen LogP) is 1.86. The standard InChI is InChI=1S/C6H5BrNOS/c7-5-2-1-4(10-5)3-6(8)9/h1-2,8H,3H2. The SMILES string of the molecule is [NH]C(=O)Cc1ccc(Br)s1. The van der Waals surface area contributed by atoms with E-state index >= 15 is 0 Å². The normalized spacial score (nSPS) is 9.70. The van der Waals surface area contributed by atoms with Crippen LogP contribution in [0.3, 0.4) is 0 Å². The first-order valence-corrected chi connectivity index (χ1v) is 4.28. The van der Waals surface area contributed by atoms with Gasteiger partial charge in [0.25, 0.3) is 0 Å². The molecule has 1 N–H and O–H groups in total. The van der Waals surface area contributed by atoms with Gasteiger partial charge in [-0.15, -0.1) is 11.3 Å². The lowest BCUT2D eigenvalue weighted by molar-refractivity contribution is -0.117. The zero-order valence-corrected chi connectivity index (χ0v) is 7.46. The van der Waals surface area contributed by atoms with Crippen LogP contribution in [0.5, 0.6) is 0 Å².